The average Bonchev–Trinajstić information content (AvgIpc) is 3.03. The molecule has 21 heavy (non-hydrogen) atoms. The van der Waals surface area contributed by atoms with Gasteiger partial charge >= 0.3 is 0 Å². The summed E-state index contributed by atoms with van der Waals surface area (Å²) in [6.45, 7) is 3.67. The lowest BCUT2D eigenvalue weighted by Crippen LogP contribution is -2.52. The molecule has 0 bridgehead atoms. The minimum absolute atomic E-state index is 0.144. The summed E-state index contributed by atoms with van der Waals surface area (Å²) in [5.41, 5.74) is 1.15. The fraction of sp³-hybridized carbons (Fsp3) is 0.588. The first-order valence-electron chi connectivity index (χ1n) is 7.97. The molecule has 1 N–H and O–H groups in total. The van der Waals surface area contributed by atoms with Crippen molar-refractivity contribution >= 4 is 5.91 Å². The number of benzene rings is 1. The van der Waals surface area contributed by atoms with E-state index in [0.717, 1.165) is 44.3 Å². The predicted molar refractivity (Wildman–Crippen MR) is 80.8 cm³/mol. The van der Waals surface area contributed by atoms with Crippen LogP contribution in [-0.2, 0) is 0 Å². The first kappa shape index (κ1) is 14.5. The number of rotatable bonds is 2. The van der Waals surface area contributed by atoms with Gasteiger partial charge in [-0.1, -0.05) is 11.6 Å². The number of aryl methyl sites for hydroxylation is 1. The Balaban J connectivity index is 1.85. The number of likely N-dealkylation sites (tertiary alicyclic amines) is 1. The molecular weight excluding hydrogens is 267 g/mol. The Morgan fingerprint density at radius 1 is 1.29 bits per heavy atom. The predicted octanol–water partition coefficient (Wildman–Crippen LogP) is 2.88. The standard InChI is InChI=1S/C17H23FN2O/c1-12-7-8-14(18)13(11-12)17(21)20-10-3-2-6-16(20)15-5-4-9-19-15/h7-8,11,15-16,19H,2-6,9-10H2,1H3. The van der Waals surface area contributed by atoms with Gasteiger partial charge in [-0.15, -0.1) is 0 Å². The van der Waals surface area contributed by atoms with Crippen LogP contribution >= 0.6 is 0 Å². The molecule has 0 aromatic heterocycles. The zero-order valence-electron chi connectivity index (χ0n) is 12.6. The highest BCUT2D eigenvalue weighted by Gasteiger charge is 2.35. The van der Waals surface area contributed by atoms with Gasteiger partial charge in [0.2, 0.25) is 0 Å². The van der Waals surface area contributed by atoms with Crippen LogP contribution in [0.1, 0.15) is 48.0 Å². The largest absolute Gasteiger partial charge is 0.334 e. The molecule has 2 atom stereocenters. The molecule has 1 aromatic carbocycles. The van der Waals surface area contributed by atoms with E-state index in [4.69, 9.17) is 0 Å². The summed E-state index contributed by atoms with van der Waals surface area (Å²) in [5.74, 6) is -0.552. The number of carbonyl (C=O) groups is 1. The van der Waals surface area contributed by atoms with Crippen molar-refractivity contribution in [3.05, 3.63) is 35.1 Å². The summed E-state index contributed by atoms with van der Waals surface area (Å²) in [7, 11) is 0. The van der Waals surface area contributed by atoms with Crippen LogP contribution in [0.15, 0.2) is 18.2 Å². The summed E-state index contributed by atoms with van der Waals surface area (Å²) in [6, 6.07) is 5.37. The van der Waals surface area contributed by atoms with E-state index >= 15 is 0 Å². The number of halogens is 1. The first-order valence-corrected chi connectivity index (χ1v) is 7.97. The third-order valence-corrected chi connectivity index (χ3v) is 4.73. The maximum atomic E-state index is 14.0. The smallest absolute Gasteiger partial charge is 0.257 e. The van der Waals surface area contributed by atoms with Crippen LogP contribution in [-0.4, -0.2) is 36.0 Å². The molecule has 2 unspecified atom stereocenters. The van der Waals surface area contributed by atoms with Gasteiger partial charge in [0.05, 0.1) is 5.56 Å². The van der Waals surface area contributed by atoms with E-state index in [0.29, 0.717) is 6.04 Å². The molecule has 2 heterocycles. The van der Waals surface area contributed by atoms with Gasteiger partial charge in [0.1, 0.15) is 5.82 Å². The minimum Gasteiger partial charge on any atom is -0.334 e. The topological polar surface area (TPSA) is 32.3 Å². The van der Waals surface area contributed by atoms with Crippen molar-refractivity contribution in [2.45, 2.75) is 51.1 Å². The second-order valence-corrected chi connectivity index (χ2v) is 6.25. The second-order valence-electron chi connectivity index (χ2n) is 6.25. The fourth-order valence-corrected chi connectivity index (χ4v) is 3.63. The lowest BCUT2D eigenvalue weighted by Gasteiger charge is -2.39. The summed E-state index contributed by atoms with van der Waals surface area (Å²) >= 11 is 0. The molecule has 1 aromatic rings. The minimum atomic E-state index is -0.408. The normalized spacial score (nSPS) is 26.1. The Morgan fingerprint density at radius 3 is 2.90 bits per heavy atom. The van der Waals surface area contributed by atoms with E-state index in [1.807, 2.05) is 11.8 Å². The molecule has 0 radical (unpaired) electrons. The number of amides is 1. The zero-order valence-corrected chi connectivity index (χ0v) is 12.6. The number of nitrogens with zero attached hydrogens (tertiary/aromatic N) is 1. The summed E-state index contributed by atoms with van der Waals surface area (Å²) in [5, 5.41) is 3.50. The van der Waals surface area contributed by atoms with Gasteiger partial charge in [-0.25, -0.2) is 4.39 Å². The van der Waals surface area contributed by atoms with Crippen molar-refractivity contribution in [2.24, 2.45) is 0 Å². The second kappa shape index (κ2) is 6.14. The van der Waals surface area contributed by atoms with E-state index < -0.39 is 5.82 Å². The summed E-state index contributed by atoms with van der Waals surface area (Å²) in [6.07, 6.45) is 5.48. The van der Waals surface area contributed by atoms with E-state index in [2.05, 4.69) is 5.32 Å². The lowest BCUT2D eigenvalue weighted by atomic mass is 9.93. The highest BCUT2D eigenvalue weighted by atomic mass is 19.1. The van der Waals surface area contributed by atoms with Gasteiger partial charge in [0, 0.05) is 18.6 Å². The van der Waals surface area contributed by atoms with Crippen molar-refractivity contribution in [3.63, 3.8) is 0 Å². The van der Waals surface area contributed by atoms with Crippen LogP contribution in [0.5, 0.6) is 0 Å². The van der Waals surface area contributed by atoms with Crippen molar-refractivity contribution in [1.29, 1.82) is 0 Å². The van der Waals surface area contributed by atoms with E-state index in [1.165, 1.54) is 12.5 Å². The van der Waals surface area contributed by atoms with E-state index in [1.54, 1.807) is 12.1 Å². The SMILES string of the molecule is Cc1ccc(F)c(C(=O)N2CCCCC2C2CCCN2)c1. The highest BCUT2D eigenvalue weighted by Crippen LogP contribution is 2.26. The highest BCUT2D eigenvalue weighted by molar-refractivity contribution is 5.95. The third-order valence-electron chi connectivity index (χ3n) is 4.73. The Bertz CT molecular complexity index is 526. The van der Waals surface area contributed by atoms with Crippen molar-refractivity contribution in [1.82, 2.24) is 10.2 Å². The van der Waals surface area contributed by atoms with Gasteiger partial charge < -0.3 is 10.2 Å². The Labute approximate surface area is 125 Å². The van der Waals surface area contributed by atoms with Crippen LogP contribution in [0.2, 0.25) is 0 Å². The van der Waals surface area contributed by atoms with Crippen molar-refractivity contribution < 1.29 is 9.18 Å². The van der Waals surface area contributed by atoms with Gasteiger partial charge in [0.25, 0.3) is 5.91 Å². The lowest BCUT2D eigenvalue weighted by molar-refractivity contribution is 0.0559. The number of hydrogen-bond donors (Lipinski definition) is 1. The zero-order chi connectivity index (χ0) is 14.8. The molecular formula is C17H23FN2O. The molecule has 2 aliphatic rings. The van der Waals surface area contributed by atoms with E-state index in [-0.39, 0.29) is 17.5 Å². The molecule has 3 nitrogen and oxygen atoms in total. The van der Waals surface area contributed by atoms with Crippen molar-refractivity contribution in [2.75, 3.05) is 13.1 Å². The summed E-state index contributed by atoms with van der Waals surface area (Å²) in [4.78, 5) is 14.7. The number of nitrogens with one attached hydrogen (secondary N) is 1. The molecule has 0 aliphatic carbocycles. The van der Waals surface area contributed by atoms with Crippen molar-refractivity contribution in [3.8, 4) is 0 Å². The molecule has 114 valence electrons. The molecule has 1 amide bonds. The van der Waals surface area contributed by atoms with E-state index in [9.17, 15) is 9.18 Å². The number of carbonyl (C=O) groups excluding carboxylic acids is 1. The van der Waals surface area contributed by atoms with Gasteiger partial charge in [-0.05, 0) is 57.7 Å². The molecule has 0 spiro atoms. The van der Waals surface area contributed by atoms with Gasteiger partial charge in [-0.2, -0.15) is 0 Å². The molecule has 0 saturated carbocycles. The number of piperidine rings is 1. The third kappa shape index (κ3) is 2.95. The van der Waals surface area contributed by atoms with Crippen LogP contribution in [0.25, 0.3) is 0 Å². The molecule has 2 aliphatic heterocycles. The summed E-state index contributed by atoms with van der Waals surface area (Å²) < 4.78 is 14.0. The van der Waals surface area contributed by atoms with Crippen LogP contribution in [0, 0.1) is 12.7 Å². The Kier molecular flexibility index (Phi) is 4.24. The monoisotopic (exact) mass is 290 g/mol. The average molecular weight is 290 g/mol. The van der Waals surface area contributed by atoms with Gasteiger partial charge in [0.15, 0.2) is 0 Å². The first-order chi connectivity index (χ1) is 10.2. The van der Waals surface area contributed by atoms with Crippen LogP contribution < -0.4 is 5.32 Å². The molecule has 2 saturated heterocycles. The van der Waals surface area contributed by atoms with Crippen LogP contribution in [0.3, 0.4) is 0 Å². The molecule has 2 fully saturated rings. The quantitative estimate of drug-likeness (QED) is 0.908. The molecule has 3 rings (SSSR count). The molecule has 4 heteroatoms. The Hall–Kier alpha value is -1.42. The maximum absolute atomic E-state index is 14.0. The Morgan fingerprint density at radius 2 is 2.14 bits per heavy atom. The van der Waals surface area contributed by atoms with Gasteiger partial charge in [-0.3, -0.25) is 4.79 Å². The van der Waals surface area contributed by atoms with Crippen LogP contribution in [0.4, 0.5) is 4.39 Å². The number of hydrogen-bond acceptors (Lipinski definition) is 2. The fourth-order valence-electron chi connectivity index (χ4n) is 3.63. The maximum Gasteiger partial charge on any atom is 0.257 e.